The Hall–Kier alpha value is -4.91. The Morgan fingerprint density at radius 3 is 2.57 bits per heavy atom. The molecule has 2 amide bonds. The lowest BCUT2D eigenvalue weighted by Crippen LogP contribution is -2.42. The molecule has 5 rings (SSSR count). The third kappa shape index (κ3) is 7.83. The van der Waals surface area contributed by atoms with Gasteiger partial charge >= 0.3 is 6.03 Å². The highest BCUT2D eigenvalue weighted by atomic mass is 16.5. The van der Waals surface area contributed by atoms with Gasteiger partial charge in [-0.1, -0.05) is 45.0 Å². The summed E-state index contributed by atoms with van der Waals surface area (Å²) in [5.41, 5.74) is 10.1. The number of allylic oxidation sites excluding steroid dienone is 1. The normalized spacial score (nSPS) is 17.2. The van der Waals surface area contributed by atoms with Gasteiger partial charge in [-0.2, -0.15) is 5.10 Å². The van der Waals surface area contributed by atoms with Gasteiger partial charge in [0.25, 0.3) is 0 Å². The molecular formula is C33H45N11O2. The van der Waals surface area contributed by atoms with Crippen LogP contribution in [0.5, 0.6) is 5.75 Å². The first-order chi connectivity index (χ1) is 21.9. The van der Waals surface area contributed by atoms with Crippen molar-refractivity contribution in [3.05, 3.63) is 77.9 Å². The van der Waals surface area contributed by atoms with E-state index in [2.05, 4.69) is 41.9 Å². The number of nitrogens with one attached hydrogen (secondary N) is 2. The van der Waals surface area contributed by atoms with Gasteiger partial charge in [-0.05, 0) is 50.2 Å². The number of urea groups is 1. The number of pyridine rings is 1. The van der Waals surface area contributed by atoms with E-state index in [1.165, 1.54) is 0 Å². The molecule has 0 aliphatic heterocycles. The van der Waals surface area contributed by atoms with E-state index in [9.17, 15) is 4.79 Å². The monoisotopic (exact) mass is 627 g/mol. The largest absolute Gasteiger partial charge is 0.484 e. The van der Waals surface area contributed by atoms with Crippen LogP contribution in [0, 0.1) is 5.41 Å². The highest BCUT2D eigenvalue weighted by Crippen LogP contribution is 2.39. The predicted molar refractivity (Wildman–Crippen MR) is 180 cm³/mol. The van der Waals surface area contributed by atoms with E-state index < -0.39 is 0 Å². The summed E-state index contributed by atoms with van der Waals surface area (Å²) < 4.78 is 10.3. The summed E-state index contributed by atoms with van der Waals surface area (Å²) in [6, 6.07) is 11.3. The van der Waals surface area contributed by atoms with Crippen LogP contribution in [0.1, 0.15) is 56.9 Å². The van der Waals surface area contributed by atoms with Crippen LogP contribution in [-0.4, -0.2) is 75.9 Å². The van der Waals surface area contributed by atoms with Crippen LogP contribution < -0.4 is 26.0 Å². The van der Waals surface area contributed by atoms with Crippen LogP contribution in [0.2, 0.25) is 0 Å². The van der Waals surface area contributed by atoms with Crippen molar-refractivity contribution in [1.82, 2.24) is 39.9 Å². The maximum atomic E-state index is 13.4. The van der Waals surface area contributed by atoms with Gasteiger partial charge in [-0.25, -0.2) is 9.79 Å². The fraction of sp³-hybridized carbons (Fsp3) is 0.424. The highest BCUT2D eigenvalue weighted by molar-refractivity contribution is 6.05. The molecular weight excluding hydrogens is 582 g/mol. The van der Waals surface area contributed by atoms with Gasteiger partial charge in [0.05, 0.1) is 31.2 Å². The minimum atomic E-state index is -0.370. The summed E-state index contributed by atoms with van der Waals surface area (Å²) in [4.78, 5) is 22.1. The van der Waals surface area contributed by atoms with Gasteiger partial charge in [0, 0.05) is 37.8 Å². The number of carbonyl (C=O) groups is 1. The van der Waals surface area contributed by atoms with E-state index >= 15 is 0 Å². The van der Waals surface area contributed by atoms with E-state index in [4.69, 9.17) is 10.5 Å². The molecule has 13 nitrogen and oxygen atoms in total. The summed E-state index contributed by atoms with van der Waals surface area (Å²) in [5.74, 6) is 1.78. The minimum absolute atomic E-state index is 0.176. The van der Waals surface area contributed by atoms with Gasteiger partial charge in [0.2, 0.25) is 5.95 Å². The molecule has 244 valence electrons. The number of hydrogen-bond acceptors (Lipinski definition) is 9. The lowest BCUT2D eigenvalue weighted by molar-refractivity contribution is 0.171. The molecule has 3 heterocycles. The van der Waals surface area contributed by atoms with Crippen LogP contribution in [-0.2, 0) is 6.54 Å². The van der Waals surface area contributed by atoms with Crippen molar-refractivity contribution >= 4 is 29.1 Å². The van der Waals surface area contributed by atoms with E-state index in [1.54, 1.807) is 12.3 Å². The number of nitrogens with zero attached hydrogens (tertiary/aromatic N) is 8. The Labute approximate surface area is 270 Å². The fourth-order valence-electron chi connectivity index (χ4n) is 5.17. The van der Waals surface area contributed by atoms with Crippen LogP contribution in [0.3, 0.4) is 0 Å². The lowest BCUT2D eigenvalue weighted by Gasteiger charge is -2.32. The number of aliphatic imine (C=N–C) groups is 1. The molecule has 2 atom stereocenters. The summed E-state index contributed by atoms with van der Waals surface area (Å²) in [5, 5.41) is 19.0. The lowest BCUT2D eigenvalue weighted by atomic mass is 9.85. The molecule has 0 radical (unpaired) electrons. The van der Waals surface area contributed by atoms with E-state index in [0.29, 0.717) is 35.8 Å². The van der Waals surface area contributed by atoms with Crippen molar-refractivity contribution in [2.45, 2.75) is 52.3 Å². The number of amides is 2. The van der Waals surface area contributed by atoms with Crippen molar-refractivity contribution in [2.75, 3.05) is 39.6 Å². The van der Waals surface area contributed by atoms with Crippen molar-refractivity contribution in [2.24, 2.45) is 16.1 Å². The van der Waals surface area contributed by atoms with Gasteiger partial charge < -0.3 is 25.6 Å². The molecule has 4 N–H and O–H groups in total. The summed E-state index contributed by atoms with van der Waals surface area (Å²) in [6.45, 7) is 7.61. The number of ether oxygens (including phenoxy) is 1. The minimum Gasteiger partial charge on any atom is -0.484 e. The number of likely N-dealkylation sites (N-methyl/N-ethyl adjacent to an activating group) is 1. The molecule has 13 heteroatoms. The number of benzene rings is 1. The molecule has 0 bridgehead atoms. The van der Waals surface area contributed by atoms with Gasteiger partial charge in [-0.3, -0.25) is 14.4 Å². The third-order valence-corrected chi connectivity index (χ3v) is 7.82. The van der Waals surface area contributed by atoms with Crippen LogP contribution in [0.25, 0.3) is 5.65 Å². The Bertz CT molecular complexity index is 1730. The Morgan fingerprint density at radius 2 is 1.85 bits per heavy atom. The van der Waals surface area contributed by atoms with Crippen molar-refractivity contribution in [3.8, 4) is 5.75 Å². The maximum Gasteiger partial charge on any atom is 0.320 e. The Balaban J connectivity index is 1.32. The molecule has 46 heavy (non-hydrogen) atoms. The van der Waals surface area contributed by atoms with Crippen molar-refractivity contribution in [3.63, 3.8) is 0 Å². The highest BCUT2D eigenvalue weighted by Gasteiger charge is 2.30. The quantitative estimate of drug-likeness (QED) is 0.183. The number of carbonyl (C=O) groups excluding carboxylic acids is 1. The van der Waals surface area contributed by atoms with E-state index in [-0.39, 0.29) is 23.6 Å². The molecule has 1 aliphatic rings. The fourth-order valence-corrected chi connectivity index (χ4v) is 5.17. The zero-order valence-electron chi connectivity index (χ0n) is 27.7. The SMILES string of the molecule is CN(C)CCn1cc(N=C(C=C(N)C(C)(C)C)NC(=O)NC2CCC(Oc3ccc4nnc(N(C)C)n4c3)c3ccccc32)cn1. The smallest absolute Gasteiger partial charge is 0.320 e. The second-order valence-corrected chi connectivity index (χ2v) is 13.1. The number of fused-ring (bicyclic) bond motifs is 2. The van der Waals surface area contributed by atoms with Crippen LogP contribution >= 0.6 is 0 Å². The van der Waals surface area contributed by atoms with Gasteiger partial charge in [0.15, 0.2) is 5.65 Å². The third-order valence-electron chi connectivity index (χ3n) is 7.82. The number of hydrogen-bond donors (Lipinski definition) is 3. The first-order valence-electron chi connectivity index (χ1n) is 15.5. The summed E-state index contributed by atoms with van der Waals surface area (Å²) >= 11 is 0. The topological polar surface area (TPSA) is 143 Å². The Kier molecular flexibility index (Phi) is 9.61. The van der Waals surface area contributed by atoms with Gasteiger partial charge in [0.1, 0.15) is 23.4 Å². The standard InChI is InChI=1S/C33H45N11O2/c1-33(2,3)28(34)18-29(36-22-19-35-43(20-22)17-16-41(4)5)38-31(45)37-26-13-14-27(25-11-9-8-10-24(25)26)46-23-12-15-30-39-40-32(42(6)7)44(30)21-23/h8-12,15,18-21,26-27H,13-14,16-17,34H2,1-7H3,(H2,36,37,38,45). The Morgan fingerprint density at radius 1 is 1.09 bits per heavy atom. The van der Waals surface area contributed by atoms with Crippen molar-refractivity contribution in [1.29, 1.82) is 0 Å². The number of amidine groups is 1. The molecule has 2 unspecified atom stereocenters. The number of rotatable bonds is 9. The zero-order valence-corrected chi connectivity index (χ0v) is 27.7. The first-order valence-corrected chi connectivity index (χ1v) is 15.5. The first kappa shape index (κ1) is 32.5. The zero-order chi connectivity index (χ0) is 33.0. The van der Waals surface area contributed by atoms with Crippen molar-refractivity contribution < 1.29 is 9.53 Å². The second kappa shape index (κ2) is 13.6. The van der Waals surface area contributed by atoms with E-state index in [0.717, 1.165) is 35.8 Å². The molecule has 0 fully saturated rings. The summed E-state index contributed by atoms with van der Waals surface area (Å²) in [6.07, 6.45) is 8.38. The molecule has 0 spiro atoms. The molecule has 4 aromatic rings. The molecule has 3 aromatic heterocycles. The van der Waals surface area contributed by atoms with Gasteiger partial charge in [-0.15, -0.1) is 10.2 Å². The second-order valence-electron chi connectivity index (χ2n) is 13.1. The van der Waals surface area contributed by atoms with E-state index in [1.807, 2.05) is 106 Å². The molecule has 1 aromatic carbocycles. The van der Waals surface area contributed by atoms with Crippen LogP contribution in [0.4, 0.5) is 16.4 Å². The maximum absolute atomic E-state index is 13.4. The molecule has 0 saturated heterocycles. The summed E-state index contributed by atoms with van der Waals surface area (Å²) in [7, 11) is 7.89. The predicted octanol–water partition coefficient (Wildman–Crippen LogP) is 4.43. The average Bonchev–Trinajstić information content (AvgIpc) is 3.63. The van der Waals surface area contributed by atoms with Crippen LogP contribution in [0.15, 0.2) is 71.8 Å². The molecule has 0 saturated carbocycles. The molecule has 1 aliphatic carbocycles. The number of aromatic nitrogens is 5. The number of nitrogens with two attached hydrogens (primary N) is 1. The number of anilines is 1. The average molecular weight is 628 g/mol.